The molecule has 0 spiro atoms. The predicted octanol–water partition coefficient (Wildman–Crippen LogP) is 4.50. The van der Waals surface area contributed by atoms with E-state index >= 15 is 0 Å². The number of aliphatic hydroxyl groups is 1. The van der Waals surface area contributed by atoms with Crippen molar-refractivity contribution in [2.45, 2.75) is 6.18 Å². The van der Waals surface area contributed by atoms with Crippen LogP contribution in [0.5, 0.6) is 11.6 Å². The quantitative estimate of drug-likeness (QED) is 0.469. The standard InChI is InChI=1S/C20H13F3N4O3S/c21-20(22,23)12-6-4-11(5-7-12)13-8-17(25-10-24-13)30-14-2-1-3-15-18(14)27-19(31-15)26-16(29)9-28/h1-8,10,28H,9H2,(H,26,27,29). The number of anilines is 1. The highest BCUT2D eigenvalue weighted by Gasteiger charge is 2.30. The Labute approximate surface area is 177 Å². The van der Waals surface area contributed by atoms with E-state index in [1.165, 1.54) is 35.9 Å². The molecule has 1 amide bonds. The summed E-state index contributed by atoms with van der Waals surface area (Å²) in [5.41, 5.74) is 0.595. The van der Waals surface area contributed by atoms with Crippen molar-refractivity contribution in [1.82, 2.24) is 15.0 Å². The van der Waals surface area contributed by atoms with Gasteiger partial charge in [0.1, 0.15) is 18.5 Å². The number of carbonyl (C=O) groups is 1. The highest BCUT2D eigenvalue weighted by Crippen LogP contribution is 2.35. The molecule has 2 heterocycles. The van der Waals surface area contributed by atoms with Crippen molar-refractivity contribution in [3.8, 4) is 22.9 Å². The molecule has 0 radical (unpaired) electrons. The maximum Gasteiger partial charge on any atom is 0.416 e. The van der Waals surface area contributed by atoms with E-state index in [2.05, 4.69) is 20.3 Å². The highest BCUT2D eigenvalue weighted by atomic mass is 32.1. The summed E-state index contributed by atoms with van der Waals surface area (Å²) in [5.74, 6) is -0.0415. The normalized spacial score (nSPS) is 11.5. The molecule has 0 bridgehead atoms. The SMILES string of the molecule is O=C(CO)Nc1nc2c(Oc3cc(-c4ccc(C(F)(F)F)cc4)ncn3)cccc2s1. The number of alkyl halides is 3. The van der Waals surface area contributed by atoms with Gasteiger partial charge in [-0.3, -0.25) is 10.1 Å². The second-order valence-corrected chi connectivity index (χ2v) is 7.28. The number of thiazole rings is 1. The van der Waals surface area contributed by atoms with E-state index < -0.39 is 24.3 Å². The number of carbonyl (C=O) groups excluding carboxylic acids is 1. The van der Waals surface area contributed by atoms with Crippen molar-refractivity contribution in [3.63, 3.8) is 0 Å². The minimum Gasteiger partial charge on any atom is -0.437 e. The lowest BCUT2D eigenvalue weighted by molar-refractivity contribution is -0.137. The maximum atomic E-state index is 12.8. The minimum atomic E-state index is -4.42. The van der Waals surface area contributed by atoms with E-state index in [4.69, 9.17) is 9.84 Å². The fourth-order valence-electron chi connectivity index (χ4n) is 2.71. The summed E-state index contributed by atoms with van der Waals surface area (Å²) in [7, 11) is 0. The Bertz CT molecular complexity index is 1240. The molecule has 158 valence electrons. The molecule has 0 atom stereocenters. The van der Waals surface area contributed by atoms with Crippen molar-refractivity contribution in [1.29, 1.82) is 0 Å². The number of halogens is 3. The van der Waals surface area contributed by atoms with Gasteiger partial charge in [-0.2, -0.15) is 13.2 Å². The van der Waals surface area contributed by atoms with Crippen LogP contribution in [0.1, 0.15) is 5.56 Å². The van der Waals surface area contributed by atoms with Crippen molar-refractivity contribution >= 4 is 32.6 Å². The lowest BCUT2D eigenvalue weighted by atomic mass is 10.1. The smallest absolute Gasteiger partial charge is 0.416 e. The molecule has 11 heteroatoms. The number of amides is 1. The molecule has 2 aromatic carbocycles. The number of hydrogen-bond donors (Lipinski definition) is 2. The van der Waals surface area contributed by atoms with Crippen molar-refractivity contribution in [2.75, 3.05) is 11.9 Å². The summed E-state index contributed by atoms with van der Waals surface area (Å²) in [5, 5.41) is 11.6. The molecule has 2 aromatic heterocycles. The summed E-state index contributed by atoms with van der Waals surface area (Å²) < 4.78 is 44.9. The zero-order chi connectivity index (χ0) is 22.0. The van der Waals surface area contributed by atoms with Gasteiger partial charge >= 0.3 is 6.18 Å². The van der Waals surface area contributed by atoms with E-state index in [1.54, 1.807) is 18.2 Å². The highest BCUT2D eigenvalue weighted by molar-refractivity contribution is 7.22. The van der Waals surface area contributed by atoms with E-state index in [-0.39, 0.29) is 5.88 Å². The molecule has 0 saturated carbocycles. The Hall–Kier alpha value is -3.57. The number of rotatable bonds is 5. The Morgan fingerprint density at radius 1 is 1.13 bits per heavy atom. The summed E-state index contributed by atoms with van der Waals surface area (Å²) in [6.07, 6.45) is -3.17. The topological polar surface area (TPSA) is 97.2 Å². The van der Waals surface area contributed by atoms with Crippen molar-refractivity contribution in [3.05, 3.63) is 60.4 Å². The third-order valence-corrected chi connectivity index (χ3v) is 5.07. The predicted molar refractivity (Wildman–Crippen MR) is 108 cm³/mol. The molecule has 7 nitrogen and oxygen atoms in total. The molecule has 2 N–H and O–H groups in total. The summed E-state index contributed by atoms with van der Waals surface area (Å²) in [6.45, 7) is -0.660. The summed E-state index contributed by atoms with van der Waals surface area (Å²) in [4.78, 5) is 23.8. The number of aliphatic hydroxyl groups excluding tert-OH is 1. The molecular weight excluding hydrogens is 433 g/mol. The van der Waals surface area contributed by atoms with Crippen molar-refractivity contribution in [2.24, 2.45) is 0 Å². The molecule has 31 heavy (non-hydrogen) atoms. The van der Waals surface area contributed by atoms with Gasteiger partial charge in [-0.05, 0) is 24.3 Å². The first kappa shape index (κ1) is 20.7. The van der Waals surface area contributed by atoms with Crippen LogP contribution >= 0.6 is 11.3 Å². The molecule has 0 aliphatic heterocycles. The third kappa shape index (κ3) is 4.62. The first-order valence-electron chi connectivity index (χ1n) is 8.81. The number of nitrogens with one attached hydrogen (secondary N) is 1. The number of hydrogen-bond acceptors (Lipinski definition) is 7. The molecule has 4 aromatic rings. The lowest BCUT2D eigenvalue weighted by Crippen LogP contribution is -2.14. The van der Waals surface area contributed by atoms with Crippen LogP contribution in [0, 0.1) is 0 Å². The van der Waals surface area contributed by atoms with Crippen LogP contribution in [0.25, 0.3) is 21.5 Å². The first-order valence-corrected chi connectivity index (χ1v) is 9.63. The van der Waals surface area contributed by atoms with E-state index in [1.807, 2.05) is 0 Å². The van der Waals surface area contributed by atoms with Gasteiger partial charge in [-0.25, -0.2) is 15.0 Å². The Morgan fingerprint density at radius 2 is 1.90 bits per heavy atom. The number of fused-ring (bicyclic) bond motifs is 1. The monoisotopic (exact) mass is 446 g/mol. The fraction of sp³-hybridized carbons (Fsp3) is 0.100. The number of benzene rings is 2. The van der Waals surface area contributed by atoms with E-state index in [0.29, 0.717) is 27.7 Å². The zero-order valence-electron chi connectivity index (χ0n) is 15.6. The average Bonchev–Trinajstić information content (AvgIpc) is 3.17. The molecular formula is C20H13F3N4O3S. The van der Waals surface area contributed by atoms with Gasteiger partial charge in [-0.15, -0.1) is 0 Å². The van der Waals surface area contributed by atoms with Gasteiger partial charge in [0.05, 0.1) is 16.0 Å². The van der Waals surface area contributed by atoms with Crippen LogP contribution in [0.3, 0.4) is 0 Å². The lowest BCUT2D eigenvalue weighted by Gasteiger charge is -2.09. The molecule has 0 aliphatic rings. The molecule has 0 fully saturated rings. The van der Waals surface area contributed by atoms with Gasteiger partial charge in [0.2, 0.25) is 5.88 Å². The Balaban J connectivity index is 1.60. The van der Waals surface area contributed by atoms with Crippen LogP contribution in [-0.4, -0.2) is 32.6 Å². The van der Waals surface area contributed by atoms with Crippen LogP contribution in [0.4, 0.5) is 18.3 Å². The average molecular weight is 446 g/mol. The fourth-order valence-corrected chi connectivity index (χ4v) is 3.61. The second kappa shape index (κ2) is 8.28. The van der Waals surface area contributed by atoms with E-state index in [0.717, 1.165) is 16.8 Å². The maximum absolute atomic E-state index is 12.8. The summed E-state index contributed by atoms with van der Waals surface area (Å²) >= 11 is 1.21. The van der Waals surface area contributed by atoms with Crippen LogP contribution in [0.2, 0.25) is 0 Å². The van der Waals surface area contributed by atoms with Crippen molar-refractivity contribution < 1.29 is 27.8 Å². The van der Waals surface area contributed by atoms with Crippen LogP contribution in [-0.2, 0) is 11.0 Å². The minimum absolute atomic E-state index is 0.173. The molecule has 4 rings (SSSR count). The third-order valence-electron chi connectivity index (χ3n) is 4.14. The van der Waals surface area contributed by atoms with E-state index in [9.17, 15) is 18.0 Å². The van der Waals surface area contributed by atoms with Gasteiger partial charge in [0.15, 0.2) is 10.9 Å². The van der Waals surface area contributed by atoms with Gasteiger partial charge in [0.25, 0.3) is 5.91 Å². The number of nitrogens with zero attached hydrogens (tertiary/aromatic N) is 3. The van der Waals surface area contributed by atoms with Gasteiger partial charge in [0, 0.05) is 11.6 Å². The number of para-hydroxylation sites is 1. The van der Waals surface area contributed by atoms with Crippen LogP contribution in [0.15, 0.2) is 54.9 Å². The molecule has 0 aliphatic carbocycles. The van der Waals surface area contributed by atoms with Gasteiger partial charge < -0.3 is 9.84 Å². The first-order chi connectivity index (χ1) is 14.8. The van der Waals surface area contributed by atoms with Crippen LogP contribution < -0.4 is 10.1 Å². The Kier molecular flexibility index (Phi) is 5.53. The molecule has 0 saturated heterocycles. The number of aromatic nitrogens is 3. The Morgan fingerprint density at radius 3 is 2.61 bits per heavy atom. The number of ether oxygens (including phenoxy) is 1. The summed E-state index contributed by atoms with van der Waals surface area (Å²) in [6, 6.07) is 11.3. The largest absolute Gasteiger partial charge is 0.437 e. The molecule has 0 unspecified atom stereocenters. The van der Waals surface area contributed by atoms with Gasteiger partial charge in [-0.1, -0.05) is 29.5 Å². The zero-order valence-corrected chi connectivity index (χ0v) is 16.4. The second-order valence-electron chi connectivity index (χ2n) is 6.25.